The van der Waals surface area contributed by atoms with E-state index >= 15 is 0 Å². The molecule has 80 valence electrons. The van der Waals surface area contributed by atoms with Crippen molar-refractivity contribution < 1.29 is 4.79 Å². The lowest BCUT2D eigenvalue weighted by molar-refractivity contribution is 0.196. The topological polar surface area (TPSA) is 35.6 Å². The molecule has 2 rings (SSSR count). The molecule has 2 aliphatic heterocycles. The molecule has 0 aromatic heterocycles. The standard InChI is InChI=1S/C10H19N3O/c1-12-6-7-13(10(12)14)5-3-9-2-4-11-8-9/h9,11H,2-8H2,1H3. The zero-order chi connectivity index (χ0) is 9.97. The monoisotopic (exact) mass is 197 g/mol. The van der Waals surface area contributed by atoms with Gasteiger partial charge in [-0.2, -0.15) is 0 Å². The summed E-state index contributed by atoms with van der Waals surface area (Å²) in [4.78, 5) is 15.3. The molecule has 0 aliphatic carbocycles. The number of hydrogen-bond acceptors (Lipinski definition) is 2. The predicted octanol–water partition coefficient (Wildman–Crippen LogP) is 0.353. The van der Waals surface area contributed by atoms with E-state index in [9.17, 15) is 4.79 Å². The van der Waals surface area contributed by atoms with Crippen molar-refractivity contribution in [3.05, 3.63) is 0 Å². The van der Waals surface area contributed by atoms with E-state index in [1.807, 2.05) is 11.9 Å². The second kappa shape index (κ2) is 4.17. The second-order valence-electron chi connectivity index (χ2n) is 4.34. The highest BCUT2D eigenvalue weighted by atomic mass is 16.2. The maximum Gasteiger partial charge on any atom is 0.319 e. The van der Waals surface area contributed by atoms with E-state index in [1.165, 1.54) is 6.42 Å². The van der Waals surface area contributed by atoms with Crippen molar-refractivity contribution >= 4 is 6.03 Å². The first-order valence-electron chi connectivity index (χ1n) is 5.48. The number of hydrogen-bond donors (Lipinski definition) is 1. The van der Waals surface area contributed by atoms with Gasteiger partial charge < -0.3 is 15.1 Å². The maximum absolute atomic E-state index is 11.5. The molecule has 0 aromatic rings. The summed E-state index contributed by atoms with van der Waals surface area (Å²) in [7, 11) is 1.87. The predicted molar refractivity (Wildman–Crippen MR) is 55.2 cm³/mol. The number of carbonyl (C=O) groups excluding carboxylic acids is 1. The number of rotatable bonds is 3. The van der Waals surface area contributed by atoms with Gasteiger partial charge in [0.05, 0.1) is 0 Å². The molecule has 4 nitrogen and oxygen atoms in total. The van der Waals surface area contributed by atoms with Crippen LogP contribution >= 0.6 is 0 Å². The van der Waals surface area contributed by atoms with Gasteiger partial charge in [0.2, 0.25) is 0 Å². The van der Waals surface area contributed by atoms with Gasteiger partial charge in [-0.3, -0.25) is 0 Å². The van der Waals surface area contributed by atoms with E-state index in [0.29, 0.717) is 0 Å². The molecule has 1 N–H and O–H groups in total. The SMILES string of the molecule is CN1CCN(CCC2CCNC2)C1=O. The number of nitrogens with zero attached hydrogens (tertiary/aromatic N) is 2. The van der Waals surface area contributed by atoms with Gasteiger partial charge in [0.25, 0.3) is 0 Å². The zero-order valence-electron chi connectivity index (χ0n) is 8.83. The summed E-state index contributed by atoms with van der Waals surface area (Å²) in [5.41, 5.74) is 0. The summed E-state index contributed by atoms with van der Waals surface area (Å²) in [6.45, 7) is 5.03. The van der Waals surface area contributed by atoms with Crippen LogP contribution in [0, 0.1) is 5.92 Å². The Bertz CT molecular complexity index is 213. The molecule has 2 amide bonds. The molecule has 1 unspecified atom stereocenters. The van der Waals surface area contributed by atoms with Crippen molar-refractivity contribution in [2.24, 2.45) is 5.92 Å². The summed E-state index contributed by atoms with van der Waals surface area (Å²) in [6.07, 6.45) is 2.43. The molecule has 2 saturated heterocycles. The molecule has 1 atom stereocenters. The maximum atomic E-state index is 11.5. The van der Waals surface area contributed by atoms with E-state index in [-0.39, 0.29) is 6.03 Å². The van der Waals surface area contributed by atoms with Crippen LogP contribution in [0.1, 0.15) is 12.8 Å². The van der Waals surface area contributed by atoms with Crippen molar-refractivity contribution in [2.45, 2.75) is 12.8 Å². The van der Waals surface area contributed by atoms with Gasteiger partial charge in [-0.25, -0.2) is 4.79 Å². The Balaban J connectivity index is 1.72. The Morgan fingerprint density at radius 3 is 2.93 bits per heavy atom. The van der Waals surface area contributed by atoms with Gasteiger partial charge in [-0.05, 0) is 31.8 Å². The average molecular weight is 197 g/mol. The number of nitrogens with one attached hydrogen (secondary N) is 1. The molecule has 2 fully saturated rings. The van der Waals surface area contributed by atoms with E-state index in [4.69, 9.17) is 0 Å². The zero-order valence-corrected chi connectivity index (χ0v) is 8.83. The van der Waals surface area contributed by atoms with Crippen molar-refractivity contribution in [2.75, 3.05) is 39.8 Å². The van der Waals surface area contributed by atoms with Crippen LogP contribution in [0.4, 0.5) is 4.79 Å². The smallest absolute Gasteiger partial charge is 0.319 e. The first-order chi connectivity index (χ1) is 6.77. The van der Waals surface area contributed by atoms with E-state index in [1.54, 1.807) is 4.90 Å². The molecular weight excluding hydrogens is 178 g/mol. The molecule has 0 spiro atoms. The fourth-order valence-electron chi connectivity index (χ4n) is 2.21. The molecular formula is C10H19N3O. The summed E-state index contributed by atoms with van der Waals surface area (Å²) >= 11 is 0. The van der Waals surface area contributed by atoms with Gasteiger partial charge in [0.1, 0.15) is 0 Å². The molecule has 0 radical (unpaired) electrons. The van der Waals surface area contributed by atoms with Crippen LogP contribution in [0.5, 0.6) is 0 Å². The Hall–Kier alpha value is -0.770. The summed E-state index contributed by atoms with van der Waals surface area (Å²) < 4.78 is 0. The first-order valence-corrected chi connectivity index (χ1v) is 5.48. The third kappa shape index (κ3) is 2.00. The minimum atomic E-state index is 0.205. The number of urea groups is 1. The summed E-state index contributed by atoms with van der Waals surface area (Å²) in [5.74, 6) is 0.786. The van der Waals surface area contributed by atoms with Crippen LogP contribution in [-0.2, 0) is 0 Å². The lowest BCUT2D eigenvalue weighted by Gasteiger charge is -2.17. The van der Waals surface area contributed by atoms with Gasteiger partial charge in [-0.15, -0.1) is 0 Å². The molecule has 4 heteroatoms. The van der Waals surface area contributed by atoms with E-state index in [0.717, 1.165) is 45.1 Å². The van der Waals surface area contributed by atoms with Crippen molar-refractivity contribution in [3.8, 4) is 0 Å². The van der Waals surface area contributed by atoms with Crippen LogP contribution in [-0.4, -0.2) is 55.6 Å². The fourth-order valence-corrected chi connectivity index (χ4v) is 2.21. The van der Waals surface area contributed by atoms with Crippen LogP contribution < -0.4 is 5.32 Å². The highest BCUT2D eigenvalue weighted by Crippen LogP contribution is 2.14. The molecule has 0 saturated carbocycles. The van der Waals surface area contributed by atoms with Crippen LogP contribution in [0.2, 0.25) is 0 Å². The number of amides is 2. The Labute approximate surface area is 85.2 Å². The van der Waals surface area contributed by atoms with E-state index in [2.05, 4.69) is 5.32 Å². The van der Waals surface area contributed by atoms with Crippen molar-refractivity contribution in [3.63, 3.8) is 0 Å². The summed E-state index contributed by atoms with van der Waals surface area (Å²) in [5, 5.41) is 3.35. The highest BCUT2D eigenvalue weighted by molar-refractivity contribution is 5.76. The highest BCUT2D eigenvalue weighted by Gasteiger charge is 2.25. The lowest BCUT2D eigenvalue weighted by atomic mass is 10.1. The molecule has 14 heavy (non-hydrogen) atoms. The van der Waals surface area contributed by atoms with Crippen molar-refractivity contribution in [1.82, 2.24) is 15.1 Å². The third-order valence-electron chi connectivity index (χ3n) is 3.27. The van der Waals surface area contributed by atoms with Gasteiger partial charge in [0, 0.05) is 26.7 Å². The van der Waals surface area contributed by atoms with Crippen LogP contribution in [0.3, 0.4) is 0 Å². The van der Waals surface area contributed by atoms with Gasteiger partial charge in [0.15, 0.2) is 0 Å². The van der Waals surface area contributed by atoms with Gasteiger partial charge >= 0.3 is 6.03 Å². The molecule has 2 aliphatic rings. The van der Waals surface area contributed by atoms with Crippen LogP contribution in [0.15, 0.2) is 0 Å². The summed E-state index contributed by atoms with van der Waals surface area (Å²) in [6, 6.07) is 0.205. The van der Waals surface area contributed by atoms with Crippen molar-refractivity contribution in [1.29, 1.82) is 0 Å². The Kier molecular flexibility index (Phi) is 2.91. The number of carbonyl (C=O) groups is 1. The Morgan fingerprint density at radius 1 is 1.50 bits per heavy atom. The minimum absolute atomic E-state index is 0.205. The largest absolute Gasteiger partial charge is 0.326 e. The molecule has 2 heterocycles. The Morgan fingerprint density at radius 2 is 2.36 bits per heavy atom. The molecule has 0 bridgehead atoms. The van der Waals surface area contributed by atoms with Crippen LogP contribution in [0.25, 0.3) is 0 Å². The second-order valence-corrected chi connectivity index (χ2v) is 4.34. The molecule has 0 aromatic carbocycles. The normalized spacial score (nSPS) is 27.8. The minimum Gasteiger partial charge on any atom is -0.326 e. The third-order valence-corrected chi connectivity index (χ3v) is 3.27. The van der Waals surface area contributed by atoms with Gasteiger partial charge in [-0.1, -0.05) is 0 Å². The quantitative estimate of drug-likeness (QED) is 0.709. The fraction of sp³-hybridized carbons (Fsp3) is 0.900. The number of likely N-dealkylation sites (N-methyl/N-ethyl adjacent to an activating group) is 1. The lowest BCUT2D eigenvalue weighted by Crippen LogP contribution is -2.31. The van der Waals surface area contributed by atoms with E-state index < -0.39 is 0 Å². The first kappa shape index (κ1) is 9.77. The average Bonchev–Trinajstić information content (AvgIpc) is 2.77.